The highest BCUT2D eigenvalue weighted by atomic mass is 32.1. The molecule has 3 heterocycles. The van der Waals surface area contributed by atoms with Crippen LogP contribution in [0.1, 0.15) is 5.56 Å². The normalized spacial score (nSPS) is 11.8. The van der Waals surface area contributed by atoms with Gasteiger partial charge in [-0.1, -0.05) is 91.0 Å². The van der Waals surface area contributed by atoms with Gasteiger partial charge in [0.05, 0.1) is 33.7 Å². The van der Waals surface area contributed by atoms with Crippen LogP contribution in [0.25, 0.3) is 86.3 Å². The van der Waals surface area contributed by atoms with Crippen molar-refractivity contribution in [2.75, 3.05) is 0 Å². The van der Waals surface area contributed by atoms with E-state index in [1.807, 2.05) is 29.5 Å². The van der Waals surface area contributed by atoms with E-state index < -0.39 is 0 Å². The topological polar surface area (TPSA) is 33.6 Å². The molecule has 0 amide bonds. The van der Waals surface area contributed by atoms with Crippen LogP contribution in [0.5, 0.6) is 0 Å². The predicted molar refractivity (Wildman–Crippen MR) is 198 cm³/mol. The van der Waals surface area contributed by atoms with Gasteiger partial charge in [-0.05, 0) is 71.8 Å². The summed E-state index contributed by atoms with van der Waals surface area (Å²) in [7, 11) is 0. The van der Waals surface area contributed by atoms with Crippen molar-refractivity contribution in [1.82, 2.24) is 9.13 Å². The maximum absolute atomic E-state index is 10.2. The van der Waals surface area contributed by atoms with Crippen molar-refractivity contribution in [1.29, 1.82) is 5.26 Å². The Bertz CT molecular complexity index is 2880. The summed E-state index contributed by atoms with van der Waals surface area (Å²) in [5.74, 6) is 0. The maximum atomic E-state index is 10.2. The fourth-order valence-electron chi connectivity index (χ4n) is 7.51. The average molecular weight is 616 g/mol. The molecule has 0 saturated carbocycles. The Morgan fingerprint density at radius 1 is 0.426 bits per heavy atom. The molecule has 10 aromatic rings. The van der Waals surface area contributed by atoms with Crippen LogP contribution in [-0.2, 0) is 0 Å². The molecule has 10 rings (SSSR count). The molecule has 0 bridgehead atoms. The number of rotatable bonds is 3. The fourth-order valence-corrected chi connectivity index (χ4v) is 8.63. The molecule has 0 unspecified atom stereocenters. The Labute approximate surface area is 274 Å². The van der Waals surface area contributed by atoms with Crippen LogP contribution in [0.2, 0.25) is 0 Å². The zero-order chi connectivity index (χ0) is 31.1. The van der Waals surface area contributed by atoms with Crippen LogP contribution >= 0.6 is 11.3 Å². The van der Waals surface area contributed by atoms with E-state index in [9.17, 15) is 5.26 Å². The molecule has 0 radical (unpaired) electrons. The van der Waals surface area contributed by atoms with E-state index in [4.69, 9.17) is 0 Å². The number of fused-ring (bicyclic) bond motifs is 9. The van der Waals surface area contributed by atoms with Gasteiger partial charge in [-0.3, -0.25) is 0 Å². The van der Waals surface area contributed by atoms with Crippen LogP contribution in [0.3, 0.4) is 0 Å². The lowest BCUT2D eigenvalue weighted by Gasteiger charge is -2.16. The number of benzene rings is 7. The van der Waals surface area contributed by atoms with E-state index in [0.29, 0.717) is 5.56 Å². The van der Waals surface area contributed by atoms with Crippen LogP contribution in [-0.4, -0.2) is 9.13 Å². The second kappa shape index (κ2) is 9.92. The quantitative estimate of drug-likeness (QED) is 0.195. The molecule has 0 N–H and O–H groups in total. The Morgan fingerprint density at radius 3 is 1.62 bits per heavy atom. The second-order valence-corrected chi connectivity index (χ2v) is 13.2. The Hall–Kier alpha value is -6.15. The zero-order valence-corrected chi connectivity index (χ0v) is 26.0. The van der Waals surface area contributed by atoms with Crippen molar-refractivity contribution in [3.8, 4) is 28.6 Å². The van der Waals surface area contributed by atoms with Gasteiger partial charge in [-0.25, -0.2) is 0 Å². The Kier molecular flexibility index (Phi) is 5.51. The average Bonchev–Trinajstić information content (AvgIpc) is 3.77. The first-order chi connectivity index (χ1) is 23.3. The summed E-state index contributed by atoms with van der Waals surface area (Å²) in [5.41, 5.74) is 9.32. The van der Waals surface area contributed by atoms with E-state index in [1.54, 1.807) is 0 Å². The molecule has 0 aliphatic heterocycles. The summed E-state index contributed by atoms with van der Waals surface area (Å²) in [6, 6.07) is 56.5. The van der Waals surface area contributed by atoms with Crippen molar-refractivity contribution in [2.24, 2.45) is 0 Å². The van der Waals surface area contributed by atoms with Crippen LogP contribution in [0.4, 0.5) is 0 Å². The molecule has 218 valence electrons. The SMILES string of the molecule is N#Cc1ccccc1-c1cc(-n2c3ccccc3c3ccccc32)cc(-n2c3ccccc3c3cc4sc5ccccc5c4cc32)c1. The minimum atomic E-state index is 0.659. The van der Waals surface area contributed by atoms with Crippen molar-refractivity contribution < 1.29 is 0 Å². The monoisotopic (exact) mass is 615 g/mol. The summed E-state index contributed by atoms with van der Waals surface area (Å²) < 4.78 is 7.37. The van der Waals surface area contributed by atoms with Gasteiger partial charge in [-0.15, -0.1) is 11.3 Å². The number of hydrogen-bond donors (Lipinski definition) is 0. The van der Waals surface area contributed by atoms with Gasteiger partial charge in [0.25, 0.3) is 0 Å². The summed E-state index contributed by atoms with van der Waals surface area (Å²) in [6.45, 7) is 0. The lowest BCUT2D eigenvalue weighted by Crippen LogP contribution is -2.00. The minimum Gasteiger partial charge on any atom is -0.309 e. The van der Waals surface area contributed by atoms with E-state index >= 15 is 0 Å². The van der Waals surface area contributed by atoms with E-state index in [0.717, 1.165) is 39.1 Å². The molecule has 0 spiro atoms. The van der Waals surface area contributed by atoms with E-state index in [2.05, 4.69) is 149 Å². The van der Waals surface area contributed by atoms with Gasteiger partial charge < -0.3 is 9.13 Å². The molecule has 3 aromatic heterocycles. The van der Waals surface area contributed by atoms with Gasteiger partial charge in [0.15, 0.2) is 0 Å². The van der Waals surface area contributed by atoms with Gasteiger partial charge in [0, 0.05) is 53.1 Å². The molecule has 3 nitrogen and oxygen atoms in total. The van der Waals surface area contributed by atoms with E-state index in [-0.39, 0.29) is 0 Å². The third kappa shape index (κ3) is 3.78. The van der Waals surface area contributed by atoms with Gasteiger partial charge in [0.2, 0.25) is 0 Å². The molecule has 0 aliphatic rings. The van der Waals surface area contributed by atoms with Crippen molar-refractivity contribution in [2.45, 2.75) is 0 Å². The Morgan fingerprint density at radius 2 is 0.957 bits per heavy atom. The van der Waals surface area contributed by atoms with Crippen LogP contribution in [0.15, 0.2) is 152 Å². The summed E-state index contributed by atoms with van der Waals surface area (Å²) in [6.07, 6.45) is 0. The highest BCUT2D eigenvalue weighted by Crippen LogP contribution is 2.42. The number of nitrogens with zero attached hydrogens (tertiary/aromatic N) is 3. The molecule has 47 heavy (non-hydrogen) atoms. The summed E-state index contributed by atoms with van der Waals surface area (Å²) in [5, 5.41) is 17.6. The first-order valence-corrected chi connectivity index (χ1v) is 16.6. The lowest BCUT2D eigenvalue weighted by molar-refractivity contribution is 1.13. The zero-order valence-electron chi connectivity index (χ0n) is 25.2. The second-order valence-electron chi connectivity index (χ2n) is 12.1. The number of para-hydroxylation sites is 3. The first kappa shape index (κ1) is 26.1. The van der Waals surface area contributed by atoms with Gasteiger partial charge in [0.1, 0.15) is 0 Å². The summed E-state index contributed by atoms with van der Waals surface area (Å²) >= 11 is 1.85. The highest BCUT2D eigenvalue weighted by molar-refractivity contribution is 7.25. The van der Waals surface area contributed by atoms with E-state index in [1.165, 1.54) is 47.2 Å². The lowest BCUT2D eigenvalue weighted by atomic mass is 9.99. The van der Waals surface area contributed by atoms with Crippen LogP contribution < -0.4 is 0 Å². The molecule has 7 aromatic carbocycles. The number of nitriles is 1. The molecule has 0 fully saturated rings. The highest BCUT2D eigenvalue weighted by Gasteiger charge is 2.19. The number of hydrogen-bond acceptors (Lipinski definition) is 2. The van der Waals surface area contributed by atoms with Gasteiger partial charge in [-0.2, -0.15) is 5.26 Å². The number of thiophene rings is 1. The van der Waals surface area contributed by atoms with Crippen molar-refractivity contribution in [3.05, 3.63) is 157 Å². The van der Waals surface area contributed by atoms with Crippen LogP contribution in [0, 0.1) is 11.3 Å². The molecule has 0 atom stereocenters. The smallest absolute Gasteiger partial charge is 0.0998 e. The molecule has 0 saturated heterocycles. The summed E-state index contributed by atoms with van der Waals surface area (Å²) in [4.78, 5) is 0. The van der Waals surface area contributed by atoms with Gasteiger partial charge >= 0.3 is 0 Å². The standard InChI is InChI=1S/C43H25N3S/c44-26-27-11-1-2-12-31(27)28-21-29(45-38-17-7-3-13-32(38)33-14-4-8-18-39(33)45)23-30(22-28)46-40-19-9-5-15-34(40)36-25-43-37(24-41(36)46)35-16-6-10-20-42(35)47-43/h1-25H. The third-order valence-corrected chi connectivity index (χ3v) is 10.7. The Balaban J connectivity index is 1.36. The third-order valence-electron chi connectivity index (χ3n) is 9.53. The first-order valence-electron chi connectivity index (χ1n) is 15.7. The molecular formula is C43H25N3S. The van der Waals surface area contributed by atoms with Crippen molar-refractivity contribution in [3.63, 3.8) is 0 Å². The minimum absolute atomic E-state index is 0.659. The molecular weight excluding hydrogens is 591 g/mol. The van der Waals surface area contributed by atoms with Crippen molar-refractivity contribution >= 4 is 75.1 Å². The predicted octanol–water partition coefficient (Wildman–Crippen LogP) is 11.8. The maximum Gasteiger partial charge on any atom is 0.0998 e. The molecule has 0 aliphatic carbocycles. The largest absolute Gasteiger partial charge is 0.309 e. The number of aromatic nitrogens is 2. The fraction of sp³-hybridized carbons (Fsp3) is 0. The molecule has 4 heteroatoms.